The van der Waals surface area contributed by atoms with E-state index in [1.54, 1.807) is 0 Å². The van der Waals surface area contributed by atoms with E-state index in [1.807, 2.05) is 11.8 Å². The standard InChI is InChI=1S/C9H15NO2S/c10-5-7-9(4-8(11)12-7)2-1-3-13-6-9/h7H,1-6,10H2. The summed E-state index contributed by atoms with van der Waals surface area (Å²) in [6.45, 7) is 0.478. The van der Waals surface area contributed by atoms with E-state index in [2.05, 4.69) is 0 Å². The Morgan fingerprint density at radius 1 is 1.69 bits per heavy atom. The summed E-state index contributed by atoms with van der Waals surface area (Å²) in [7, 11) is 0. The summed E-state index contributed by atoms with van der Waals surface area (Å²) in [5.74, 6) is 2.20. The average Bonchev–Trinajstić information content (AvgIpc) is 2.43. The van der Waals surface area contributed by atoms with E-state index in [9.17, 15) is 4.79 Å². The lowest BCUT2D eigenvalue weighted by molar-refractivity contribution is -0.141. The minimum absolute atomic E-state index is 0.0206. The Labute approximate surface area is 82.4 Å². The lowest BCUT2D eigenvalue weighted by atomic mass is 9.78. The maximum atomic E-state index is 11.2. The monoisotopic (exact) mass is 201 g/mol. The second-order valence-electron chi connectivity index (χ2n) is 3.91. The van der Waals surface area contributed by atoms with Gasteiger partial charge in [0.2, 0.25) is 0 Å². The Morgan fingerprint density at radius 2 is 2.54 bits per heavy atom. The molecular formula is C9H15NO2S. The highest BCUT2D eigenvalue weighted by Crippen LogP contribution is 2.45. The summed E-state index contributed by atoms with van der Waals surface area (Å²) < 4.78 is 5.23. The molecule has 0 amide bonds. The van der Waals surface area contributed by atoms with E-state index in [-0.39, 0.29) is 17.5 Å². The van der Waals surface area contributed by atoms with Crippen LogP contribution in [-0.2, 0) is 9.53 Å². The van der Waals surface area contributed by atoms with Gasteiger partial charge in [-0.15, -0.1) is 0 Å². The van der Waals surface area contributed by atoms with Crippen molar-refractivity contribution in [3.8, 4) is 0 Å². The molecule has 13 heavy (non-hydrogen) atoms. The van der Waals surface area contributed by atoms with Gasteiger partial charge in [0.05, 0.1) is 6.42 Å². The van der Waals surface area contributed by atoms with E-state index in [4.69, 9.17) is 10.5 Å². The highest BCUT2D eigenvalue weighted by atomic mass is 32.2. The maximum absolute atomic E-state index is 11.2. The third-order valence-electron chi connectivity index (χ3n) is 3.02. The van der Waals surface area contributed by atoms with E-state index < -0.39 is 0 Å². The summed E-state index contributed by atoms with van der Waals surface area (Å²) in [4.78, 5) is 11.2. The van der Waals surface area contributed by atoms with Gasteiger partial charge >= 0.3 is 5.97 Å². The van der Waals surface area contributed by atoms with Crippen LogP contribution in [0.25, 0.3) is 0 Å². The van der Waals surface area contributed by atoms with Crippen LogP contribution in [0.5, 0.6) is 0 Å². The number of nitrogens with two attached hydrogens (primary N) is 1. The number of carbonyl (C=O) groups is 1. The molecule has 0 aromatic carbocycles. The first-order valence-electron chi connectivity index (χ1n) is 4.74. The first-order chi connectivity index (χ1) is 6.27. The van der Waals surface area contributed by atoms with E-state index in [0.717, 1.165) is 12.2 Å². The number of hydrogen-bond donors (Lipinski definition) is 1. The molecular weight excluding hydrogens is 186 g/mol. The molecule has 3 nitrogen and oxygen atoms in total. The fourth-order valence-corrected chi connectivity index (χ4v) is 3.62. The molecule has 2 unspecified atom stereocenters. The average molecular weight is 201 g/mol. The molecule has 1 spiro atoms. The molecule has 0 aromatic rings. The summed E-state index contributed by atoms with van der Waals surface area (Å²) in [5, 5.41) is 0. The summed E-state index contributed by atoms with van der Waals surface area (Å²) in [6.07, 6.45) is 2.86. The Morgan fingerprint density at radius 3 is 3.15 bits per heavy atom. The van der Waals surface area contributed by atoms with Gasteiger partial charge in [0.25, 0.3) is 0 Å². The minimum atomic E-state index is -0.0575. The van der Waals surface area contributed by atoms with Crippen molar-refractivity contribution in [2.45, 2.75) is 25.4 Å². The number of thioether (sulfide) groups is 1. The molecule has 2 aliphatic heterocycles. The molecule has 0 aromatic heterocycles. The molecule has 2 atom stereocenters. The molecule has 4 heteroatoms. The van der Waals surface area contributed by atoms with Crippen molar-refractivity contribution >= 4 is 17.7 Å². The first-order valence-corrected chi connectivity index (χ1v) is 5.90. The van der Waals surface area contributed by atoms with Gasteiger partial charge in [-0.2, -0.15) is 11.8 Å². The van der Waals surface area contributed by atoms with Crippen molar-refractivity contribution in [3.63, 3.8) is 0 Å². The van der Waals surface area contributed by atoms with Crippen LogP contribution in [0.2, 0.25) is 0 Å². The van der Waals surface area contributed by atoms with Gasteiger partial charge in [0, 0.05) is 17.7 Å². The topological polar surface area (TPSA) is 52.3 Å². The van der Waals surface area contributed by atoms with Gasteiger partial charge in [0.15, 0.2) is 0 Å². The molecule has 2 aliphatic rings. The third kappa shape index (κ3) is 1.57. The Kier molecular flexibility index (Phi) is 2.51. The van der Waals surface area contributed by atoms with E-state index in [0.29, 0.717) is 13.0 Å². The number of rotatable bonds is 1. The highest BCUT2D eigenvalue weighted by molar-refractivity contribution is 7.99. The maximum Gasteiger partial charge on any atom is 0.306 e. The highest BCUT2D eigenvalue weighted by Gasteiger charge is 2.48. The van der Waals surface area contributed by atoms with Crippen LogP contribution in [0.15, 0.2) is 0 Å². The quantitative estimate of drug-likeness (QED) is 0.637. The molecule has 2 fully saturated rings. The third-order valence-corrected chi connectivity index (χ3v) is 4.38. The van der Waals surface area contributed by atoms with Gasteiger partial charge in [-0.25, -0.2) is 0 Å². The fourth-order valence-electron chi connectivity index (χ4n) is 2.29. The first kappa shape index (κ1) is 9.34. The van der Waals surface area contributed by atoms with Crippen molar-refractivity contribution in [2.24, 2.45) is 11.1 Å². The summed E-state index contributed by atoms with van der Waals surface area (Å²) in [5.41, 5.74) is 5.69. The molecule has 2 saturated heterocycles. The van der Waals surface area contributed by atoms with Crippen LogP contribution in [0.3, 0.4) is 0 Å². The number of esters is 1. The molecule has 0 bridgehead atoms. The normalized spacial score (nSPS) is 39.5. The molecule has 0 aliphatic carbocycles. The van der Waals surface area contributed by atoms with Crippen molar-refractivity contribution < 1.29 is 9.53 Å². The SMILES string of the molecule is NCC1OC(=O)CC12CCCSC2. The number of ether oxygens (including phenoxy) is 1. The minimum Gasteiger partial charge on any atom is -0.460 e. The molecule has 2 N–H and O–H groups in total. The van der Waals surface area contributed by atoms with Crippen molar-refractivity contribution in [2.75, 3.05) is 18.1 Å². The summed E-state index contributed by atoms with van der Waals surface area (Å²) in [6, 6.07) is 0. The molecule has 2 rings (SSSR count). The van der Waals surface area contributed by atoms with Gasteiger partial charge in [-0.05, 0) is 18.6 Å². The van der Waals surface area contributed by atoms with Crippen LogP contribution in [0, 0.1) is 5.41 Å². The molecule has 0 saturated carbocycles. The number of cyclic esters (lactones) is 1. The predicted molar refractivity (Wildman–Crippen MR) is 52.5 cm³/mol. The number of hydrogen-bond acceptors (Lipinski definition) is 4. The van der Waals surface area contributed by atoms with Crippen molar-refractivity contribution in [1.82, 2.24) is 0 Å². The lowest BCUT2D eigenvalue weighted by Crippen LogP contribution is -2.40. The van der Waals surface area contributed by atoms with Gasteiger partial charge < -0.3 is 10.5 Å². The van der Waals surface area contributed by atoms with Crippen LogP contribution >= 0.6 is 11.8 Å². The smallest absolute Gasteiger partial charge is 0.306 e. The lowest BCUT2D eigenvalue weighted by Gasteiger charge is -2.34. The van der Waals surface area contributed by atoms with E-state index in [1.165, 1.54) is 12.2 Å². The van der Waals surface area contributed by atoms with Gasteiger partial charge in [-0.3, -0.25) is 4.79 Å². The molecule has 2 heterocycles. The Hall–Kier alpha value is -0.220. The van der Waals surface area contributed by atoms with Crippen molar-refractivity contribution in [1.29, 1.82) is 0 Å². The van der Waals surface area contributed by atoms with Crippen LogP contribution in [0.4, 0.5) is 0 Å². The zero-order valence-electron chi connectivity index (χ0n) is 7.62. The molecule has 0 radical (unpaired) electrons. The second kappa shape index (κ2) is 3.50. The van der Waals surface area contributed by atoms with E-state index >= 15 is 0 Å². The predicted octanol–water partition coefficient (Wildman–Crippen LogP) is 0.774. The Bertz CT molecular complexity index is 214. The van der Waals surface area contributed by atoms with Crippen LogP contribution in [-0.4, -0.2) is 30.1 Å². The fraction of sp³-hybridized carbons (Fsp3) is 0.889. The van der Waals surface area contributed by atoms with Gasteiger partial charge in [-0.1, -0.05) is 0 Å². The van der Waals surface area contributed by atoms with Crippen molar-refractivity contribution in [3.05, 3.63) is 0 Å². The Balaban J connectivity index is 2.13. The molecule has 74 valence electrons. The largest absolute Gasteiger partial charge is 0.460 e. The number of carbonyl (C=O) groups excluding carboxylic acids is 1. The zero-order chi connectivity index (χ0) is 9.31. The van der Waals surface area contributed by atoms with Gasteiger partial charge in [0.1, 0.15) is 6.10 Å². The second-order valence-corrected chi connectivity index (χ2v) is 5.01. The van der Waals surface area contributed by atoms with Crippen LogP contribution < -0.4 is 5.73 Å². The zero-order valence-corrected chi connectivity index (χ0v) is 8.44. The van der Waals surface area contributed by atoms with Crippen LogP contribution in [0.1, 0.15) is 19.3 Å². The summed E-state index contributed by atoms with van der Waals surface area (Å²) >= 11 is 1.92.